The first-order chi connectivity index (χ1) is 11.1. The highest BCUT2D eigenvalue weighted by atomic mass is 16.5. The second-order valence-corrected chi connectivity index (χ2v) is 5.11. The lowest BCUT2D eigenvalue weighted by molar-refractivity contribution is -0.126. The highest BCUT2D eigenvalue weighted by Crippen LogP contribution is 2.13. The van der Waals surface area contributed by atoms with E-state index in [4.69, 9.17) is 16.2 Å². The van der Waals surface area contributed by atoms with E-state index in [9.17, 15) is 9.59 Å². The lowest BCUT2D eigenvalue weighted by Gasteiger charge is -2.07. The Morgan fingerprint density at radius 2 is 1.57 bits per heavy atom. The topological polar surface area (TPSA) is 119 Å². The Hall–Kier alpha value is -2.28. The van der Waals surface area contributed by atoms with Crippen molar-refractivity contribution < 1.29 is 14.3 Å². The van der Waals surface area contributed by atoms with Crippen molar-refractivity contribution in [3.8, 4) is 5.75 Å². The van der Waals surface area contributed by atoms with Crippen molar-refractivity contribution in [3.05, 3.63) is 24.3 Å². The molecule has 128 valence electrons. The van der Waals surface area contributed by atoms with Crippen LogP contribution >= 0.6 is 0 Å². The van der Waals surface area contributed by atoms with Gasteiger partial charge in [0.05, 0.1) is 6.61 Å². The molecule has 1 aromatic carbocycles. The first-order valence-corrected chi connectivity index (χ1v) is 7.83. The van der Waals surface area contributed by atoms with E-state index in [1.54, 1.807) is 12.1 Å². The SMILES string of the molecule is NCCNC(=O)CCC(=O)NCCCCOc1ccc(N)cc1. The van der Waals surface area contributed by atoms with E-state index in [2.05, 4.69) is 10.6 Å². The molecule has 0 radical (unpaired) electrons. The molecule has 0 heterocycles. The number of carbonyl (C=O) groups is 2. The third-order valence-electron chi connectivity index (χ3n) is 3.09. The van der Waals surface area contributed by atoms with E-state index in [-0.39, 0.29) is 24.7 Å². The van der Waals surface area contributed by atoms with Gasteiger partial charge in [0.2, 0.25) is 11.8 Å². The fraction of sp³-hybridized carbons (Fsp3) is 0.500. The molecule has 6 N–H and O–H groups in total. The highest BCUT2D eigenvalue weighted by molar-refractivity contribution is 5.83. The van der Waals surface area contributed by atoms with Crippen LogP contribution in [0.15, 0.2) is 24.3 Å². The van der Waals surface area contributed by atoms with Gasteiger partial charge in [-0.15, -0.1) is 0 Å². The number of anilines is 1. The van der Waals surface area contributed by atoms with Gasteiger partial charge in [0.25, 0.3) is 0 Å². The molecule has 0 aliphatic rings. The third kappa shape index (κ3) is 9.36. The average molecular weight is 322 g/mol. The summed E-state index contributed by atoms with van der Waals surface area (Å²) in [5.74, 6) is 0.515. The van der Waals surface area contributed by atoms with Gasteiger partial charge < -0.3 is 26.8 Å². The molecule has 2 amide bonds. The number of rotatable bonds is 11. The van der Waals surface area contributed by atoms with Gasteiger partial charge in [-0.25, -0.2) is 0 Å². The summed E-state index contributed by atoms with van der Waals surface area (Å²) in [5, 5.41) is 5.41. The van der Waals surface area contributed by atoms with Crippen LogP contribution in [-0.2, 0) is 9.59 Å². The zero-order chi connectivity index (χ0) is 16.9. The van der Waals surface area contributed by atoms with Crippen LogP contribution in [-0.4, -0.2) is 38.1 Å². The Bertz CT molecular complexity index is 477. The van der Waals surface area contributed by atoms with Crippen LogP contribution in [0.2, 0.25) is 0 Å². The second kappa shape index (κ2) is 11.3. The summed E-state index contributed by atoms with van der Waals surface area (Å²) in [6.45, 7) is 2.00. The number of benzene rings is 1. The minimum absolute atomic E-state index is 0.118. The van der Waals surface area contributed by atoms with E-state index in [1.165, 1.54) is 0 Å². The van der Waals surface area contributed by atoms with Crippen molar-refractivity contribution in [2.75, 3.05) is 32.0 Å². The van der Waals surface area contributed by atoms with Crippen molar-refractivity contribution in [2.24, 2.45) is 5.73 Å². The zero-order valence-electron chi connectivity index (χ0n) is 13.3. The van der Waals surface area contributed by atoms with Crippen LogP contribution < -0.4 is 26.8 Å². The monoisotopic (exact) mass is 322 g/mol. The first kappa shape index (κ1) is 18.8. The number of hydrogen-bond acceptors (Lipinski definition) is 5. The first-order valence-electron chi connectivity index (χ1n) is 7.83. The molecule has 0 aromatic heterocycles. The summed E-state index contributed by atoms with van der Waals surface area (Å²) in [5.41, 5.74) is 11.6. The van der Waals surface area contributed by atoms with Crippen molar-refractivity contribution in [2.45, 2.75) is 25.7 Å². The minimum atomic E-state index is -0.150. The Balaban J connectivity index is 1.98. The van der Waals surface area contributed by atoms with Gasteiger partial charge in [-0.05, 0) is 37.1 Å². The molecule has 0 fully saturated rings. The molecule has 23 heavy (non-hydrogen) atoms. The quantitative estimate of drug-likeness (QED) is 0.347. The molecular weight excluding hydrogens is 296 g/mol. The van der Waals surface area contributed by atoms with Gasteiger partial charge >= 0.3 is 0 Å². The molecule has 0 atom stereocenters. The predicted molar refractivity (Wildman–Crippen MR) is 89.9 cm³/mol. The molecular formula is C16H26N4O3. The Morgan fingerprint density at radius 3 is 2.17 bits per heavy atom. The lowest BCUT2D eigenvalue weighted by Crippen LogP contribution is -2.31. The van der Waals surface area contributed by atoms with Gasteiger partial charge in [-0.1, -0.05) is 0 Å². The minimum Gasteiger partial charge on any atom is -0.494 e. The summed E-state index contributed by atoms with van der Waals surface area (Å²) >= 11 is 0. The smallest absolute Gasteiger partial charge is 0.220 e. The van der Waals surface area contributed by atoms with Crippen molar-refractivity contribution in [3.63, 3.8) is 0 Å². The molecule has 7 heteroatoms. The van der Waals surface area contributed by atoms with Crippen LogP contribution in [0, 0.1) is 0 Å². The van der Waals surface area contributed by atoms with Crippen LogP contribution in [0.4, 0.5) is 5.69 Å². The van der Waals surface area contributed by atoms with Crippen LogP contribution in [0.25, 0.3) is 0 Å². The number of carbonyl (C=O) groups excluding carboxylic acids is 2. The number of hydrogen-bond donors (Lipinski definition) is 4. The standard InChI is InChI=1S/C16H26N4O3/c17-9-11-20-16(22)8-7-15(21)19-10-1-2-12-23-14-5-3-13(18)4-6-14/h3-6H,1-2,7-12,17-18H2,(H,19,21)(H,20,22). The highest BCUT2D eigenvalue weighted by Gasteiger charge is 2.05. The largest absolute Gasteiger partial charge is 0.494 e. The van der Waals surface area contributed by atoms with Crippen LogP contribution in [0.1, 0.15) is 25.7 Å². The van der Waals surface area contributed by atoms with Gasteiger partial charge in [0, 0.05) is 38.2 Å². The van der Waals surface area contributed by atoms with E-state index < -0.39 is 0 Å². The van der Waals surface area contributed by atoms with E-state index in [1.807, 2.05) is 12.1 Å². The molecule has 0 spiro atoms. The number of nitrogens with one attached hydrogen (secondary N) is 2. The maximum Gasteiger partial charge on any atom is 0.220 e. The molecule has 1 rings (SSSR count). The molecule has 0 bridgehead atoms. The van der Waals surface area contributed by atoms with Gasteiger partial charge in [0.15, 0.2) is 0 Å². The summed E-state index contributed by atoms with van der Waals surface area (Å²) < 4.78 is 5.55. The molecule has 0 saturated heterocycles. The normalized spacial score (nSPS) is 10.1. The summed E-state index contributed by atoms with van der Waals surface area (Å²) in [6, 6.07) is 7.23. The van der Waals surface area contributed by atoms with Crippen molar-refractivity contribution >= 4 is 17.5 Å². The maximum absolute atomic E-state index is 11.5. The Labute approximate surface area is 136 Å². The summed E-state index contributed by atoms with van der Waals surface area (Å²) in [7, 11) is 0. The number of unbranched alkanes of at least 4 members (excludes halogenated alkanes) is 1. The summed E-state index contributed by atoms with van der Waals surface area (Å²) in [4.78, 5) is 22.9. The maximum atomic E-state index is 11.5. The lowest BCUT2D eigenvalue weighted by atomic mass is 10.2. The third-order valence-corrected chi connectivity index (χ3v) is 3.09. The Morgan fingerprint density at radius 1 is 0.957 bits per heavy atom. The molecule has 0 aliphatic heterocycles. The number of nitrogens with two attached hydrogens (primary N) is 2. The summed E-state index contributed by atoms with van der Waals surface area (Å²) in [6.07, 6.45) is 2.03. The zero-order valence-corrected chi connectivity index (χ0v) is 13.3. The molecule has 0 saturated carbocycles. The second-order valence-electron chi connectivity index (χ2n) is 5.11. The van der Waals surface area contributed by atoms with E-state index >= 15 is 0 Å². The van der Waals surface area contributed by atoms with Gasteiger partial charge in [0.1, 0.15) is 5.75 Å². The van der Waals surface area contributed by atoms with Crippen molar-refractivity contribution in [1.82, 2.24) is 10.6 Å². The van der Waals surface area contributed by atoms with Gasteiger partial charge in [-0.2, -0.15) is 0 Å². The Kier molecular flexibility index (Phi) is 9.23. The fourth-order valence-electron chi connectivity index (χ4n) is 1.82. The molecule has 0 unspecified atom stereocenters. The number of amides is 2. The van der Waals surface area contributed by atoms with E-state index in [0.717, 1.165) is 18.6 Å². The van der Waals surface area contributed by atoms with Crippen LogP contribution in [0.3, 0.4) is 0 Å². The fourth-order valence-corrected chi connectivity index (χ4v) is 1.82. The number of ether oxygens (including phenoxy) is 1. The number of nitrogen functional groups attached to an aromatic ring is 1. The molecule has 1 aromatic rings. The molecule has 7 nitrogen and oxygen atoms in total. The molecule has 0 aliphatic carbocycles. The van der Waals surface area contributed by atoms with E-state index in [0.29, 0.717) is 31.9 Å². The van der Waals surface area contributed by atoms with Gasteiger partial charge in [-0.3, -0.25) is 9.59 Å². The van der Waals surface area contributed by atoms with Crippen molar-refractivity contribution in [1.29, 1.82) is 0 Å². The average Bonchev–Trinajstić information content (AvgIpc) is 2.55. The van der Waals surface area contributed by atoms with Crippen LogP contribution in [0.5, 0.6) is 5.75 Å². The predicted octanol–water partition coefficient (Wildman–Crippen LogP) is 0.399.